The second kappa shape index (κ2) is 4.41. The van der Waals surface area contributed by atoms with Crippen LogP contribution in [0.15, 0.2) is 28.7 Å². The van der Waals surface area contributed by atoms with Gasteiger partial charge in [-0.2, -0.15) is 0 Å². The number of hydrogen-bond acceptors (Lipinski definition) is 3. The molecular formula is C14H18N2O. The Hall–Kier alpha value is -1.48. The van der Waals surface area contributed by atoms with Gasteiger partial charge >= 0.3 is 0 Å². The van der Waals surface area contributed by atoms with Gasteiger partial charge in [0.15, 0.2) is 5.88 Å². The van der Waals surface area contributed by atoms with E-state index in [-0.39, 0.29) is 0 Å². The number of nitrogens with one attached hydrogen (secondary N) is 1. The summed E-state index contributed by atoms with van der Waals surface area (Å²) < 4.78 is 5.99. The summed E-state index contributed by atoms with van der Waals surface area (Å²) in [6.45, 7) is 6.34. The molecule has 0 aliphatic carbocycles. The van der Waals surface area contributed by atoms with Gasteiger partial charge in [-0.05, 0) is 25.5 Å². The van der Waals surface area contributed by atoms with E-state index in [0.717, 1.165) is 37.6 Å². The molecule has 1 aromatic carbocycles. The number of anilines is 1. The van der Waals surface area contributed by atoms with Crippen molar-refractivity contribution in [1.29, 1.82) is 0 Å². The van der Waals surface area contributed by atoms with Crippen LogP contribution in [0.25, 0.3) is 11.0 Å². The first-order valence-electron chi connectivity index (χ1n) is 6.29. The van der Waals surface area contributed by atoms with Crippen LogP contribution in [-0.4, -0.2) is 26.2 Å². The van der Waals surface area contributed by atoms with Crippen LogP contribution in [0.3, 0.4) is 0 Å². The highest BCUT2D eigenvalue weighted by molar-refractivity contribution is 5.83. The fourth-order valence-corrected chi connectivity index (χ4v) is 2.42. The van der Waals surface area contributed by atoms with Gasteiger partial charge in [-0.15, -0.1) is 0 Å². The predicted octanol–water partition coefficient (Wildman–Crippen LogP) is 2.54. The van der Waals surface area contributed by atoms with Crippen LogP contribution in [0.2, 0.25) is 0 Å². The van der Waals surface area contributed by atoms with Gasteiger partial charge in [-0.25, -0.2) is 0 Å². The van der Waals surface area contributed by atoms with Crippen molar-refractivity contribution in [2.24, 2.45) is 0 Å². The van der Waals surface area contributed by atoms with Crippen LogP contribution in [0.5, 0.6) is 0 Å². The Morgan fingerprint density at radius 3 is 3.06 bits per heavy atom. The number of benzene rings is 1. The van der Waals surface area contributed by atoms with Gasteiger partial charge in [0, 0.05) is 31.1 Å². The van der Waals surface area contributed by atoms with Crippen molar-refractivity contribution >= 4 is 16.9 Å². The normalized spacial score (nSPS) is 17.4. The highest BCUT2D eigenvalue weighted by Gasteiger charge is 2.14. The zero-order valence-electron chi connectivity index (χ0n) is 10.2. The molecular weight excluding hydrogens is 212 g/mol. The van der Waals surface area contributed by atoms with Gasteiger partial charge in [0.1, 0.15) is 5.58 Å². The number of para-hydroxylation sites is 1. The molecule has 1 aromatic heterocycles. The maximum atomic E-state index is 5.99. The van der Waals surface area contributed by atoms with Crippen molar-refractivity contribution in [2.75, 3.05) is 31.1 Å². The Bertz CT molecular complexity index is 510. The maximum Gasteiger partial charge on any atom is 0.196 e. The molecule has 90 valence electrons. The average Bonchev–Trinajstić information content (AvgIpc) is 2.59. The Labute approximate surface area is 101 Å². The number of fused-ring (bicyclic) bond motifs is 1. The SMILES string of the molecule is Cc1cccc2cc(N3CCCNCC3)oc12. The lowest BCUT2D eigenvalue weighted by atomic mass is 10.2. The number of nitrogens with zero attached hydrogens (tertiary/aromatic N) is 1. The van der Waals surface area contributed by atoms with E-state index in [1.54, 1.807) is 0 Å². The van der Waals surface area contributed by atoms with Gasteiger partial charge in [0.05, 0.1) is 0 Å². The van der Waals surface area contributed by atoms with Crippen LogP contribution >= 0.6 is 0 Å². The van der Waals surface area contributed by atoms with Crippen LogP contribution in [0, 0.1) is 6.92 Å². The minimum atomic E-state index is 1.01. The van der Waals surface area contributed by atoms with Crippen molar-refractivity contribution in [3.05, 3.63) is 29.8 Å². The molecule has 0 bridgehead atoms. The Morgan fingerprint density at radius 1 is 1.24 bits per heavy atom. The molecule has 17 heavy (non-hydrogen) atoms. The van der Waals surface area contributed by atoms with Crippen LogP contribution < -0.4 is 10.2 Å². The Morgan fingerprint density at radius 2 is 2.18 bits per heavy atom. The highest BCUT2D eigenvalue weighted by Crippen LogP contribution is 2.28. The molecule has 0 atom stereocenters. The fraction of sp³-hybridized carbons (Fsp3) is 0.429. The lowest BCUT2D eigenvalue weighted by Crippen LogP contribution is -2.27. The Kier molecular flexibility index (Phi) is 2.77. The van der Waals surface area contributed by atoms with Crippen molar-refractivity contribution in [1.82, 2.24) is 5.32 Å². The summed E-state index contributed by atoms with van der Waals surface area (Å²) in [5.41, 5.74) is 2.24. The van der Waals surface area contributed by atoms with E-state index in [0.29, 0.717) is 0 Å². The minimum Gasteiger partial charge on any atom is -0.440 e. The number of hydrogen-bond donors (Lipinski definition) is 1. The van der Waals surface area contributed by atoms with Crippen molar-refractivity contribution in [3.8, 4) is 0 Å². The molecule has 0 saturated carbocycles. The first-order valence-corrected chi connectivity index (χ1v) is 6.29. The van der Waals surface area contributed by atoms with Crippen molar-refractivity contribution in [3.63, 3.8) is 0 Å². The molecule has 2 heterocycles. The fourth-order valence-electron chi connectivity index (χ4n) is 2.42. The molecule has 2 aromatic rings. The molecule has 3 nitrogen and oxygen atoms in total. The van der Waals surface area contributed by atoms with E-state index in [1.807, 2.05) is 0 Å². The molecule has 1 N–H and O–H groups in total. The quantitative estimate of drug-likeness (QED) is 0.816. The number of aryl methyl sites for hydroxylation is 1. The number of rotatable bonds is 1. The molecule has 1 aliphatic rings. The lowest BCUT2D eigenvalue weighted by molar-refractivity contribution is 0.583. The third-order valence-electron chi connectivity index (χ3n) is 3.38. The molecule has 1 aliphatic heterocycles. The molecule has 3 heteroatoms. The van der Waals surface area contributed by atoms with E-state index in [2.05, 4.69) is 41.4 Å². The summed E-state index contributed by atoms with van der Waals surface area (Å²) in [6.07, 6.45) is 1.18. The summed E-state index contributed by atoms with van der Waals surface area (Å²) in [4.78, 5) is 2.33. The molecule has 0 radical (unpaired) electrons. The summed E-state index contributed by atoms with van der Waals surface area (Å²) in [6, 6.07) is 8.46. The van der Waals surface area contributed by atoms with Crippen molar-refractivity contribution in [2.45, 2.75) is 13.3 Å². The highest BCUT2D eigenvalue weighted by atomic mass is 16.4. The molecule has 0 amide bonds. The third kappa shape index (κ3) is 2.03. The summed E-state index contributed by atoms with van der Waals surface area (Å²) in [7, 11) is 0. The smallest absolute Gasteiger partial charge is 0.196 e. The largest absolute Gasteiger partial charge is 0.440 e. The first kappa shape index (κ1) is 10.7. The molecule has 1 fully saturated rings. The maximum absolute atomic E-state index is 5.99. The lowest BCUT2D eigenvalue weighted by Gasteiger charge is -2.18. The van der Waals surface area contributed by atoms with E-state index >= 15 is 0 Å². The standard InChI is InChI=1S/C14H18N2O/c1-11-4-2-5-12-10-13(17-14(11)12)16-8-3-6-15-7-9-16/h2,4-5,10,15H,3,6-9H2,1H3. The summed E-state index contributed by atoms with van der Waals surface area (Å²) in [5.74, 6) is 1.01. The van der Waals surface area contributed by atoms with Crippen LogP contribution in [0.1, 0.15) is 12.0 Å². The van der Waals surface area contributed by atoms with E-state index in [4.69, 9.17) is 4.42 Å². The summed E-state index contributed by atoms with van der Waals surface area (Å²) in [5, 5.41) is 4.61. The predicted molar refractivity (Wildman–Crippen MR) is 70.7 cm³/mol. The zero-order chi connectivity index (χ0) is 11.7. The Balaban J connectivity index is 1.96. The molecule has 1 saturated heterocycles. The topological polar surface area (TPSA) is 28.4 Å². The molecule has 0 spiro atoms. The van der Waals surface area contributed by atoms with Gasteiger partial charge in [0.25, 0.3) is 0 Å². The third-order valence-corrected chi connectivity index (χ3v) is 3.38. The summed E-state index contributed by atoms with van der Waals surface area (Å²) >= 11 is 0. The second-order valence-electron chi connectivity index (χ2n) is 4.67. The van der Waals surface area contributed by atoms with E-state index in [9.17, 15) is 0 Å². The minimum absolute atomic E-state index is 1.01. The van der Waals surface area contributed by atoms with Crippen LogP contribution in [0.4, 0.5) is 5.88 Å². The van der Waals surface area contributed by atoms with Gasteiger partial charge in [-0.3, -0.25) is 0 Å². The van der Waals surface area contributed by atoms with E-state index in [1.165, 1.54) is 17.4 Å². The first-order chi connectivity index (χ1) is 8.34. The van der Waals surface area contributed by atoms with Crippen LogP contribution in [-0.2, 0) is 0 Å². The average molecular weight is 230 g/mol. The van der Waals surface area contributed by atoms with Gasteiger partial charge < -0.3 is 14.6 Å². The van der Waals surface area contributed by atoms with Gasteiger partial charge in [-0.1, -0.05) is 18.2 Å². The molecule has 3 rings (SSSR count). The van der Waals surface area contributed by atoms with Crippen molar-refractivity contribution < 1.29 is 4.42 Å². The second-order valence-corrected chi connectivity index (χ2v) is 4.67. The molecule has 0 unspecified atom stereocenters. The zero-order valence-corrected chi connectivity index (χ0v) is 10.2. The van der Waals surface area contributed by atoms with E-state index < -0.39 is 0 Å². The monoisotopic (exact) mass is 230 g/mol. The number of furan rings is 1. The van der Waals surface area contributed by atoms with Gasteiger partial charge in [0.2, 0.25) is 0 Å².